The van der Waals surface area contributed by atoms with Gasteiger partial charge in [-0.3, -0.25) is 4.79 Å². The summed E-state index contributed by atoms with van der Waals surface area (Å²) in [6.07, 6.45) is 4.86. The highest BCUT2D eigenvalue weighted by Gasteiger charge is 2.08. The lowest BCUT2D eigenvalue weighted by molar-refractivity contribution is 0.0944. The second kappa shape index (κ2) is 3.91. The normalized spacial score (nSPS) is 10.2. The Morgan fingerprint density at radius 3 is 3.13 bits per heavy atom. The van der Waals surface area contributed by atoms with E-state index in [1.165, 1.54) is 6.20 Å². The van der Waals surface area contributed by atoms with Crippen LogP contribution in [0, 0.1) is 0 Å². The van der Waals surface area contributed by atoms with Crippen molar-refractivity contribution in [2.75, 3.05) is 0 Å². The largest absolute Gasteiger partial charge is 0.343 e. The molecule has 0 saturated heterocycles. The van der Waals surface area contributed by atoms with Crippen molar-refractivity contribution in [3.05, 3.63) is 30.1 Å². The van der Waals surface area contributed by atoms with E-state index in [1.807, 2.05) is 17.8 Å². The maximum atomic E-state index is 11.4. The number of rotatable bonds is 3. The molecule has 2 aromatic rings. The van der Waals surface area contributed by atoms with Gasteiger partial charge in [-0.15, -0.1) is 0 Å². The maximum Gasteiger partial charge on any atom is 0.273 e. The van der Waals surface area contributed by atoms with Crippen molar-refractivity contribution in [2.24, 2.45) is 7.05 Å². The summed E-state index contributed by atoms with van der Waals surface area (Å²) in [5.41, 5.74) is 0.268. The molecule has 0 aliphatic rings. The van der Waals surface area contributed by atoms with Gasteiger partial charge in [0.15, 0.2) is 5.69 Å². The third kappa shape index (κ3) is 2.01. The molecule has 78 valence electrons. The molecule has 2 aromatic heterocycles. The monoisotopic (exact) mass is 206 g/mol. The van der Waals surface area contributed by atoms with Crippen LogP contribution in [0.5, 0.6) is 0 Å². The number of carbonyl (C=O) groups is 1. The van der Waals surface area contributed by atoms with Gasteiger partial charge < -0.3 is 9.88 Å². The Bertz CT molecular complexity index is 445. The molecule has 0 spiro atoms. The molecule has 1 amide bonds. The Balaban J connectivity index is 1.95. The van der Waals surface area contributed by atoms with Crippen molar-refractivity contribution in [2.45, 2.75) is 6.54 Å². The van der Waals surface area contributed by atoms with E-state index in [4.69, 9.17) is 0 Å². The number of aryl methyl sites for hydroxylation is 1. The number of nitrogens with zero attached hydrogens (tertiary/aromatic N) is 4. The molecule has 0 aliphatic carbocycles. The van der Waals surface area contributed by atoms with E-state index in [9.17, 15) is 4.79 Å². The van der Waals surface area contributed by atoms with E-state index < -0.39 is 0 Å². The highest BCUT2D eigenvalue weighted by atomic mass is 16.1. The van der Waals surface area contributed by atoms with Gasteiger partial charge >= 0.3 is 0 Å². The second-order valence-electron chi connectivity index (χ2n) is 2.99. The zero-order valence-corrected chi connectivity index (χ0v) is 8.14. The summed E-state index contributed by atoms with van der Waals surface area (Å²) in [6.45, 7) is 0.370. The predicted octanol–water partition coefficient (Wildman–Crippen LogP) is -0.532. The van der Waals surface area contributed by atoms with Gasteiger partial charge in [-0.05, 0) is 0 Å². The molecule has 0 atom stereocenters. The minimum absolute atomic E-state index is 0.268. The molecular weight excluding hydrogens is 196 g/mol. The Morgan fingerprint density at radius 1 is 1.67 bits per heavy atom. The SMILES string of the molecule is Cn1ccnc1CNC(=O)c1cn[nH]n1. The van der Waals surface area contributed by atoms with E-state index in [0.717, 1.165) is 5.82 Å². The van der Waals surface area contributed by atoms with Crippen molar-refractivity contribution in [3.8, 4) is 0 Å². The average molecular weight is 206 g/mol. The van der Waals surface area contributed by atoms with Crippen LogP contribution < -0.4 is 5.32 Å². The number of imidazole rings is 1. The fourth-order valence-electron chi connectivity index (χ4n) is 1.13. The predicted molar refractivity (Wildman–Crippen MR) is 50.8 cm³/mol. The quantitative estimate of drug-likeness (QED) is 0.706. The number of aromatic nitrogens is 5. The molecule has 2 rings (SSSR count). The number of hydrogen-bond donors (Lipinski definition) is 2. The maximum absolute atomic E-state index is 11.4. The van der Waals surface area contributed by atoms with Crippen molar-refractivity contribution >= 4 is 5.91 Å². The zero-order chi connectivity index (χ0) is 10.7. The first-order chi connectivity index (χ1) is 7.27. The topological polar surface area (TPSA) is 88.5 Å². The first kappa shape index (κ1) is 9.38. The van der Waals surface area contributed by atoms with Gasteiger partial charge in [0, 0.05) is 19.4 Å². The Labute approximate surface area is 85.5 Å². The second-order valence-corrected chi connectivity index (χ2v) is 2.99. The highest BCUT2D eigenvalue weighted by Crippen LogP contribution is 1.94. The van der Waals surface area contributed by atoms with Crippen LogP contribution >= 0.6 is 0 Å². The Hall–Kier alpha value is -2.18. The van der Waals surface area contributed by atoms with Gasteiger partial charge in [-0.1, -0.05) is 0 Å². The molecule has 2 heterocycles. The van der Waals surface area contributed by atoms with Crippen molar-refractivity contribution < 1.29 is 4.79 Å². The summed E-state index contributed by atoms with van der Waals surface area (Å²) in [4.78, 5) is 15.5. The van der Waals surface area contributed by atoms with Crippen molar-refractivity contribution in [3.63, 3.8) is 0 Å². The minimum Gasteiger partial charge on any atom is -0.343 e. The first-order valence-electron chi connectivity index (χ1n) is 4.37. The molecule has 0 saturated carbocycles. The van der Waals surface area contributed by atoms with Crippen LogP contribution in [0.1, 0.15) is 16.3 Å². The van der Waals surface area contributed by atoms with Crippen LogP contribution in [0.15, 0.2) is 18.6 Å². The summed E-state index contributed by atoms with van der Waals surface area (Å²) in [7, 11) is 1.87. The average Bonchev–Trinajstić information content (AvgIpc) is 2.85. The summed E-state index contributed by atoms with van der Waals surface area (Å²) >= 11 is 0. The molecule has 7 heteroatoms. The van der Waals surface area contributed by atoms with Crippen LogP contribution in [0.3, 0.4) is 0 Å². The molecule has 2 N–H and O–H groups in total. The lowest BCUT2D eigenvalue weighted by atomic mass is 10.4. The van der Waals surface area contributed by atoms with Crippen LogP contribution in [0.4, 0.5) is 0 Å². The van der Waals surface area contributed by atoms with Gasteiger partial charge in [0.05, 0.1) is 12.7 Å². The number of hydrogen-bond acceptors (Lipinski definition) is 4. The molecular formula is C8H10N6O. The van der Waals surface area contributed by atoms with Gasteiger partial charge in [0.2, 0.25) is 0 Å². The van der Waals surface area contributed by atoms with Crippen LogP contribution in [-0.4, -0.2) is 30.9 Å². The van der Waals surface area contributed by atoms with Crippen molar-refractivity contribution in [1.29, 1.82) is 0 Å². The molecule has 0 aromatic carbocycles. The van der Waals surface area contributed by atoms with Crippen molar-refractivity contribution in [1.82, 2.24) is 30.3 Å². The summed E-state index contributed by atoms with van der Waals surface area (Å²) in [5.74, 6) is 0.513. The molecule has 0 bridgehead atoms. The van der Waals surface area contributed by atoms with Gasteiger partial charge in [-0.25, -0.2) is 4.98 Å². The molecule has 0 fully saturated rings. The summed E-state index contributed by atoms with van der Waals surface area (Å²) in [5, 5.41) is 12.3. The Kier molecular flexibility index (Phi) is 2.44. The third-order valence-electron chi connectivity index (χ3n) is 1.98. The molecule has 0 radical (unpaired) electrons. The molecule has 0 unspecified atom stereocenters. The van der Waals surface area contributed by atoms with E-state index in [-0.39, 0.29) is 11.6 Å². The van der Waals surface area contributed by atoms with Gasteiger partial charge in [-0.2, -0.15) is 15.4 Å². The number of amides is 1. The number of nitrogens with one attached hydrogen (secondary N) is 2. The van der Waals surface area contributed by atoms with E-state index in [0.29, 0.717) is 6.54 Å². The standard InChI is InChI=1S/C8H10N6O/c1-14-3-2-9-7(14)5-10-8(15)6-4-11-13-12-6/h2-4H,5H2,1H3,(H,10,15)(H,11,12,13). The van der Waals surface area contributed by atoms with E-state index >= 15 is 0 Å². The minimum atomic E-state index is -0.272. The van der Waals surface area contributed by atoms with Crippen LogP contribution in [-0.2, 0) is 13.6 Å². The molecule has 0 aliphatic heterocycles. The summed E-state index contributed by atoms with van der Waals surface area (Å²) in [6, 6.07) is 0. The lowest BCUT2D eigenvalue weighted by Crippen LogP contribution is -2.24. The fourth-order valence-corrected chi connectivity index (χ4v) is 1.13. The smallest absolute Gasteiger partial charge is 0.273 e. The number of aromatic amines is 1. The van der Waals surface area contributed by atoms with E-state index in [1.54, 1.807) is 6.20 Å². The van der Waals surface area contributed by atoms with Crippen LogP contribution in [0.2, 0.25) is 0 Å². The fraction of sp³-hybridized carbons (Fsp3) is 0.250. The number of carbonyl (C=O) groups excluding carboxylic acids is 1. The number of H-pyrrole nitrogens is 1. The molecule has 7 nitrogen and oxygen atoms in total. The summed E-state index contributed by atoms with van der Waals surface area (Å²) < 4.78 is 1.84. The highest BCUT2D eigenvalue weighted by molar-refractivity contribution is 5.91. The Morgan fingerprint density at radius 2 is 2.53 bits per heavy atom. The first-order valence-corrected chi connectivity index (χ1v) is 4.37. The van der Waals surface area contributed by atoms with E-state index in [2.05, 4.69) is 25.7 Å². The van der Waals surface area contributed by atoms with Gasteiger partial charge in [0.25, 0.3) is 5.91 Å². The van der Waals surface area contributed by atoms with Gasteiger partial charge in [0.1, 0.15) is 5.82 Å². The lowest BCUT2D eigenvalue weighted by Gasteiger charge is -2.02. The zero-order valence-electron chi connectivity index (χ0n) is 8.14. The van der Waals surface area contributed by atoms with Crippen LogP contribution in [0.25, 0.3) is 0 Å². The third-order valence-corrected chi connectivity index (χ3v) is 1.98. The molecule has 15 heavy (non-hydrogen) atoms.